The Morgan fingerprint density at radius 2 is 2.08 bits per heavy atom. The molecule has 0 radical (unpaired) electrons. The van der Waals surface area contributed by atoms with Crippen LogP contribution >= 0.6 is 11.6 Å². The molecule has 2 N–H and O–H groups in total. The maximum Gasteiger partial charge on any atom is 0.355 e. The van der Waals surface area contributed by atoms with Crippen molar-refractivity contribution in [2.75, 3.05) is 27.2 Å². The molecule has 0 aliphatic heterocycles. The number of carbonyl (C=O) groups excluding carboxylic acids is 1. The first kappa shape index (κ1) is 24.6. The lowest BCUT2D eigenvalue weighted by molar-refractivity contribution is 0.0471. The van der Waals surface area contributed by atoms with Gasteiger partial charge in [-0.15, -0.1) is 0 Å². The third-order valence-corrected chi connectivity index (χ3v) is 6.33. The molecule has 0 unspecified atom stereocenters. The van der Waals surface area contributed by atoms with E-state index in [1.807, 2.05) is 19.0 Å². The summed E-state index contributed by atoms with van der Waals surface area (Å²) in [7, 11) is 3.71. The number of nitrogens with zero attached hydrogens (tertiary/aromatic N) is 5. The highest BCUT2D eigenvalue weighted by atomic mass is 35.5. The molecule has 0 bridgehead atoms. The molecule has 0 aliphatic carbocycles. The zero-order valence-corrected chi connectivity index (χ0v) is 21.1. The van der Waals surface area contributed by atoms with E-state index in [0.29, 0.717) is 34.2 Å². The number of carbonyl (C=O) groups is 1. The molecule has 5 aromatic rings. The minimum atomic E-state index is -0.676. The normalized spacial score (nSPS) is 11.6. The van der Waals surface area contributed by atoms with Crippen LogP contribution < -0.4 is 5.56 Å². The van der Waals surface area contributed by atoms with Crippen LogP contribution in [0.1, 0.15) is 21.7 Å². The molecule has 190 valence electrons. The lowest BCUT2D eigenvalue weighted by Crippen LogP contribution is -2.22. The zero-order valence-electron chi connectivity index (χ0n) is 20.3. The molecule has 0 spiro atoms. The van der Waals surface area contributed by atoms with Crippen LogP contribution in [0, 0.1) is 12.7 Å². The lowest BCUT2D eigenvalue weighted by Gasteiger charge is -2.14. The first-order chi connectivity index (χ1) is 17.7. The van der Waals surface area contributed by atoms with Gasteiger partial charge in [-0.3, -0.25) is 9.89 Å². The molecule has 0 atom stereocenters. The fraction of sp³-hybridized carbons (Fsp3) is 0.240. The average molecular weight is 524 g/mol. The summed E-state index contributed by atoms with van der Waals surface area (Å²) in [6.45, 7) is 2.17. The van der Waals surface area contributed by atoms with Crippen molar-refractivity contribution in [1.29, 1.82) is 0 Å². The smallest absolute Gasteiger partial charge is 0.355 e. The Hall–Kier alpha value is -4.09. The number of hydrogen-bond donors (Lipinski definition) is 2. The molecule has 5 heterocycles. The fourth-order valence-corrected chi connectivity index (χ4v) is 4.35. The van der Waals surface area contributed by atoms with Gasteiger partial charge >= 0.3 is 5.97 Å². The molecule has 12 heteroatoms. The van der Waals surface area contributed by atoms with E-state index in [1.54, 1.807) is 29.0 Å². The van der Waals surface area contributed by atoms with Gasteiger partial charge in [0.2, 0.25) is 0 Å². The quantitative estimate of drug-likeness (QED) is 0.247. The third-order valence-electron chi connectivity index (χ3n) is 6.00. The van der Waals surface area contributed by atoms with Gasteiger partial charge in [0.25, 0.3) is 5.56 Å². The Kier molecular flexibility index (Phi) is 6.48. The summed E-state index contributed by atoms with van der Waals surface area (Å²) in [5.74, 6) is -1.23. The largest absolute Gasteiger partial charge is 0.460 e. The molecule has 0 fully saturated rings. The minimum Gasteiger partial charge on any atom is -0.460 e. The summed E-state index contributed by atoms with van der Waals surface area (Å²) < 4.78 is 22.0. The van der Waals surface area contributed by atoms with Crippen LogP contribution in [0.4, 0.5) is 4.39 Å². The minimum absolute atomic E-state index is 0.0382. The number of likely N-dealkylation sites (N-methyl/N-ethyl adjacent to an activating group) is 1. The Labute approximate surface area is 215 Å². The van der Waals surface area contributed by atoms with E-state index in [1.165, 1.54) is 19.2 Å². The Bertz CT molecular complexity index is 1710. The van der Waals surface area contributed by atoms with E-state index in [-0.39, 0.29) is 40.8 Å². The maximum absolute atomic E-state index is 14.8. The molecular weight excluding hydrogens is 501 g/mol. The Morgan fingerprint density at radius 1 is 1.27 bits per heavy atom. The van der Waals surface area contributed by atoms with Crippen LogP contribution in [-0.4, -0.2) is 67.8 Å². The van der Waals surface area contributed by atoms with E-state index in [9.17, 15) is 14.0 Å². The molecule has 37 heavy (non-hydrogen) atoms. The number of fused-ring (bicyclic) bond motifs is 2. The molecule has 0 aliphatic rings. The van der Waals surface area contributed by atoms with Crippen molar-refractivity contribution in [2.24, 2.45) is 0 Å². The highest BCUT2D eigenvalue weighted by molar-refractivity contribution is 6.30. The number of H-pyrrole nitrogens is 2. The number of hydrogen-bond acceptors (Lipinski definition) is 7. The third kappa shape index (κ3) is 4.58. The highest BCUT2D eigenvalue weighted by Crippen LogP contribution is 2.35. The summed E-state index contributed by atoms with van der Waals surface area (Å²) in [5.41, 5.74) is 1.90. The van der Waals surface area contributed by atoms with E-state index in [4.69, 9.17) is 16.3 Å². The number of aromatic nitrogens is 6. The highest BCUT2D eigenvalue weighted by Gasteiger charge is 2.29. The first-order valence-corrected chi connectivity index (χ1v) is 11.8. The molecule has 0 amide bonds. The zero-order chi connectivity index (χ0) is 26.3. The number of aryl methyl sites for hydroxylation is 1. The van der Waals surface area contributed by atoms with Crippen molar-refractivity contribution in [3.05, 3.63) is 74.9 Å². The monoisotopic (exact) mass is 523 g/mol. The molecule has 0 saturated carbocycles. The predicted octanol–water partition coefficient (Wildman–Crippen LogP) is 3.53. The molecule has 0 saturated heterocycles. The van der Waals surface area contributed by atoms with E-state index in [0.717, 1.165) is 0 Å². The van der Waals surface area contributed by atoms with Crippen molar-refractivity contribution in [2.45, 2.75) is 13.5 Å². The number of nitrogens with one attached hydrogen (secondary N) is 2. The van der Waals surface area contributed by atoms with Crippen molar-refractivity contribution >= 4 is 39.6 Å². The van der Waals surface area contributed by atoms with Gasteiger partial charge in [-0.2, -0.15) is 5.10 Å². The SMILES string of the molecule is Cc1nc2c(-c3ccc[nH]c3=O)c(C(=O)OCCN(C)C)n(Cc3cc4cn[nH]c4nc3Cl)c2cc1F. The van der Waals surface area contributed by atoms with Gasteiger partial charge in [-0.25, -0.2) is 19.2 Å². The second kappa shape index (κ2) is 9.75. The topological polar surface area (TPSA) is 122 Å². The van der Waals surface area contributed by atoms with Crippen molar-refractivity contribution < 1.29 is 13.9 Å². The summed E-state index contributed by atoms with van der Waals surface area (Å²) in [5, 5.41) is 7.64. The number of halogens is 2. The number of ether oxygens (including phenoxy) is 1. The summed E-state index contributed by atoms with van der Waals surface area (Å²) >= 11 is 6.48. The number of aromatic amines is 2. The first-order valence-electron chi connectivity index (χ1n) is 11.4. The van der Waals surface area contributed by atoms with Crippen LogP contribution in [-0.2, 0) is 11.3 Å². The van der Waals surface area contributed by atoms with Crippen molar-refractivity contribution in [3.63, 3.8) is 0 Å². The second-order valence-electron chi connectivity index (χ2n) is 8.83. The average Bonchev–Trinajstić information content (AvgIpc) is 3.42. The van der Waals surface area contributed by atoms with Crippen LogP contribution in [0.25, 0.3) is 33.2 Å². The lowest BCUT2D eigenvalue weighted by atomic mass is 10.1. The van der Waals surface area contributed by atoms with Gasteiger partial charge in [0.05, 0.1) is 35.0 Å². The van der Waals surface area contributed by atoms with Gasteiger partial charge in [0, 0.05) is 35.3 Å². The standard InChI is InChI=1S/C25H23ClFN7O3/c1-13-17(27)10-18-20(30-13)19(16-5-4-6-28-24(16)35)21(25(36)37-8-7-33(2)3)34(18)12-15-9-14-11-29-32-23(14)31-22(15)26/h4-6,9-11H,7-8,12H2,1-3H3,(H,28,35)(H,29,31,32). The molecule has 5 rings (SSSR count). The number of esters is 1. The summed E-state index contributed by atoms with van der Waals surface area (Å²) in [6, 6.07) is 6.31. The maximum atomic E-state index is 14.8. The van der Waals surface area contributed by atoms with Crippen LogP contribution in [0.15, 0.2) is 41.5 Å². The Balaban J connectivity index is 1.78. The fourth-order valence-electron chi connectivity index (χ4n) is 4.15. The van der Waals surface area contributed by atoms with Crippen molar-refractivity contribution in [3.8, 4) is 11.1 Å². The van der Waals surface area contributed by atoms with Crippen molar-refractivity contribution in [1.82, 2.24) is 34.6 Å². The van der Waals surface area contributed by atoms with E-state index < -0.39 is 17.3 Å². The second-order valence-corrected chi connectivity index (χ2v) is 9.19. The van der Waals surface area contributed by atoms with Gasteiger partial charge < -0.3 is 19.2 Å². The van der Waals surface area contributed by atoms with E-state index in [2.05, 4.69) is 25.1 Å². The number of pyridine rings is 3. The van der Waals surface area contributed by atoms with Gasteiger partial charge in [0.1, 0.15) is 23.3 Å². The summed E-state index contributed by atoms with van der Waals surface area (Å²) in [6.07, 6.45) is 3.09. The molecule has 0 aromatic carbocycles. The van der Waals surface area contributed by atoms with Crippen LogP contribution in [0.2, 0.25) is 5.15 Å². The summed E-state index contributed by atoms with van der Waals surface area (Å²) in [4.78, 5) is 39.7. The predicted molar refractivity (Wildman–Crippen MR) is 137 cm³/mol. The van der Waals surface area contributed by atoms with Gasteiger partial charge in [-0.1, -0.05) is 11.6 Å². The molecule has 5 aromatic heterocycles. The van der Waals surface area contributed by atoms with Crippen LogP contribution in [0.3, 0.4) is 0 Å². The van der Waals surface area contributed by atoms with Crippen LogP contribution in [0.5, 0.6) is 0 Å². The van der Waals surface area contributed by atoms with E-state index >= 15 is 0 Å². The van der Waals surface area contributed by atoms with Gasteiger partial charge in [-0.05, 0) is 39.2 Å². The molecule has 10 nitrogen and oxygen atoms in total. The molecular formula is C25H23ClFN7O3. The number of rotatable bonds is 7. The Morgan fingerprint density at radius 3 is 2.84 bits per heavy atom. The van der Waals surface area contributed by atoms with Gasteiger partial charge in [0.15, 0.2) is 5.65 Å².